The third-order valence-corrected chi connectivity index (χ3v) is 12.6. The Morgan fingerprint density at radius 3 is 1.72 bits per heavy atom. The Morgan fingerprint density at radius 2 is 1.25 bits per heavy atom. The summed E-state index contributed by atoms with van der Waals surface area (Å²) < 4.78 is 55.5. The van der Waals surface area contributed by atoms with Crippen LogP contribution in [-0.4, -0.2) is 44.6 Å². The van der Waals surface area contributed by atoms with E-state index < -0.39 is 33.6 Å². The molecule has 2 heterocycles. The number of amides is 2. The van der Waals surface area contributed by atoms with E-state index in [2.05, 4.69) is 15.4 Å². The minimum atomic E-state index is -1.20. The van der Waals surface area contributed by atoms with Crippen molar-refractivity contribution in [1.82, 2.24) is 13.9 Å². The maximum atomic E-state index is 13.3. The van der Waals surface area contributed by atoms with Gasteiger partial charge in [0.2, 0.25) is 0 Å². The number of nitrogens with zero attached hydrogens (tertiary/aromatic N) is 2. The molecule has 4 aromatic rings. The van der Waals surface area contributed by atoms with Gasteiger partial charge in [-0.15, -0.1) is 0 Å². The Labute approximate surface area is 347 Å². The quantitative estimate of drug-likeness (QED) is 0.153. The number of carbonyl (C=O) groups is 3. The summed E-state index contributed by atoms with van der Waals surface area (Å²) in [6.45, 7) is 11.3. The number of halogens is 4. The van der Waals surface area contributed by atoms with Crippen LogP contribution in [0.4, 0.5) is 20.2 Å². The molecule has 0 saturated heterocycles. The normalized spacial score (nSPS) is 16.2. The molecule has 6 rings (SSSR count). The highest BCUT2D eigenvalue weighted by Gasteiger charge is 2.32. The zero-order valence-corrected chi connectivity index (χ0v) is 36.4. The van der Waals surface area contributed by atoms with Gasteiger partial charge in [-0.2, -0.15) is 0 Å². The average Bonchev–Trinajstić information content (AvgIpc) is 3.64. The van der Waals surface area contributed by atoms with Crippen molar-refractivity contribution in [3.63, 3.8) is 0 Å². The molecule has 3 atom stereocenters. The molecule has 11 nitrogen and oxygen atoms in total. The molecule has 2 aromatic carbocycles. The van der Waals surface area contributed by atoms with Gasteiger partial charge in [0.15, 0.2) is 5.78 Å². The Kier molecular flexibility index (Phi) is 15.2. The average molecular weight is 868 g/mol. The van der Waals surface area contributed by atoms with Crippen molar-refractivity contribution in [2.75, 3.05) is 10.6 Å². The van der Waals surface area contributed by atoms with Crippen LogP contribution in [0.1, 0.15) is 121 Å². The summed E-state index contributed by atoms with van der Waals surface area (Å²) in [5, 5.41) is 10.4. The fraction of sp³-hybridized carbons (Fsp3) is 0.425. The van der Waals surface area contributed by atoms with Crippen molar-refractivity contribution >= 4 is 74.1 Å². The van der Waals surface area contributed by atoms with Gasteiger partial charge >= 0.3 is 0 Å². The first-order chi connectivity index (χ1) is 26.5. The Bertz CT molecular complexity index is 2210. The maximum absolute atomic E-state index is 13.3. The Hall–Kier alpha value is -3.73. The molecule has 0 aliphatic heterocycles. The first-order valence-corrected chi connectivity index (χ1v) is 21.4. The summed E-state index contributed by atoms with van der Waals surface area (Å²) in [4.78, 5) is 37.3. The third kappa shape index (κ3) is 11.7. The Balaban J connectivity index is 0.000000221. The van der Waals surface area contributed by atoms with E-state index in [0.29, 0.717) is 41.2 Å². The van der Waals surface area contributed by atoms with Crippen LogP contribution < -0.4 is 20.5 Å². The second-order valence-corrected chi connectivity index (χ2v) is 20.4. The molecule has 5 N–H and O–H groups in total. The van der Waals surface area contributed by atoms with E-state index in [1.165, 1.54) is 36.4 Å². The largest absolute Gasteiger partial charge is 0.346 e. The number of ketones is 1. The molecule has 2 aliphatic rings. The van der Waals surface area contributed by atoms with Gasteiger partial charge in [0.1, 0.15) is 23.0 Å². The highest BCUT2D eigenvalue weighted by Crippen LogP contribution is 2.35. The van der Waals surface area contributed by atoms with Crippen LogP contribution in [-0.2, 0) is 48.9 Å². The van der Waals surface area contributed by atoms with Gasteiger partial charge in [0, 0.05) is 55.9 Å². The van der Waals surface area contributed by atoms with Crippen LogP contribution in [0.15, 0.2) is 48.8 Å². The molecule has 0 radical (unpaired) electrons. The van der Waals surface area contributed by atoms with Crippen LogP contribution in [0.25, 0.3) is 0 Å². The third-order valence-electron chi connectivity index (χ3n) is 9.23. The molecule has 310 valence electrons. The van der Waals surface area contributed by atoms with Crippen LogP contribution in [0.5, 0.6) is 0 Å². The first-order valence-electron chi connectivity index (χ1n) is 18.3. The van der Waals surface area contributed by atoms with Gasteiger partial charge in [0.05, 0.1) is 41.5 Å². The monoisotopic (exact) mass is 866 g/mol. The molecule has 0 bridgehead atoms. The van der Waals surface area contributed by atoms with Gasteiger partial charge in [-0.1, -0.05) is 23.2 Å². The molecule has 2 aliphatic carbocycles. The minimum absolute atomic E-state index is 0.0411. The molecule has 0 saturated carbocycles. The molecule has 0 spiro atoms. The lowest BCUT2D eigenvalue weighted by atomic mass is 9.90. The number of anilines is 2. The molecule has 57 heavy (non-hydrogen) atoms. The summed E-state index contributed by atoms with van der Waals surface area (Å²) in [5.41, 5.74) is 5.24. The van der Waals surface area contributed by atoms with Crippen molar-refractivity contribution in [3.05, 3.63) is 104 Å². The summed E-state index contributed by atoms with van der Waals surface area (Å²) in [5.74, 6) is -1.61. The zero-order chi connectivity index (χ0) is 42.6. The number of nitrogens with two attached hydrogens (primary N) is 1. The summed E-state index contributed by atoms with van der Waals surface area (Å²) in [7, 11) is 1.18. The number of benzene rings is 2. The number of nitrogens with one attached hydrogen (secondary N) is 3. The fourth-order valence-electron chi connectivity index (χ4n) is 6.18. The zero-order valence-electron chi connectivity index (χ0n) is 33.3. The number of carbonyl (C=O) groups excluding carboxylic acids is 3. The molecule has 0 fully saturated rings. The predicted molar refractivity (Wildman–Crippen MR) is 226 cm³/mol. The Morgan fingerprint density at radius 1 is 0.772 bits per heavy atom. The van der Waals surface area contributed by atoms with E-state index in [4.69, 9.17) is 28.3 Å². The lowest BCUT2D eigenvalue weighted by molar-refractivity contribution is 0.0971. The molecule has 2 aromatic heterocycles. The van der Waals surface area contributed by atoms with E-state index >= 15 is 0 Å². The summed E-state index contributed by atoms with van der Waals surface area (Å²) in [6, 6.07) is 8.03. The van der Waals surface area contributed by atoms with Crippen LogP contribution in [0.3, 0.4) is 0 Å². The van der Waals surface area contributed by atoms with Crippen molar-refractivity contribution in [1.29, 1.82) is 0 Å². The molecular weight excluding hydrogens is 818 g/mol. The fourth-order valence-corrected chi connectivity index (χ4v) is 7.40. The second-order valence-electron chi connectivity index (χ2n) is 15.8. The molecule has 2 amide bonds. The van der Waals surface area contributed by atoms with E-state index in [-0.39, 0.29) is 43.2 Å². The van der Waals surface area contributed by atoms with Gasteiger partial charge in [-0.05, 0) is 127 Å². The number of Topliss-reactive ketones (excluding diaryl/α,β-unsaturated/α-hetero) is 1. The first kappa shape index (κ1) is 46.0. The van der Waals surface area contributed by atoms with Crippen LogP contribution in [0.2, 0.25) is 10.0 Å². The highest BCUT2D eigenvalue weighted by atomic mass is 35.5. The summed E-state index contributed by atoms with van der Waals surface area (Å²) >= 11 is 11.5. The van der Waals surface area contributed by atoms with Crippen molar-refractivity contribution in [2.45, 2.75) is 95.6 Å². The van der Waals surface area contributed by atoms with E-state index in [1.54, 1.807) is 22.4 Å². The number of hydrogen-bond acceptors (Lipinski definition) is 5. The molecule has 1 unspecified atom stereocenters. The number of aromatic nitrogens is 2. The van der Waals surface area contributed by atoms with Gasteiger partial charge in [-0.25, -0.2) is 21.9 Å². The predicted octanol–water partition coefficient (Wildman–Crippen LogP) is 8.50. The molecular formula is C40H50Cl2F2N6O5S2. The number of rotatable bonds is 6. The van der Waals surface area contributed by atoms with Crippen LogP contribution in [0, 0.1) is 11.6 Å². The van der Waals surface area contributed by atoms with E-state index in [9.17, 15) is 31.6 Å². The van der Waals surface area contributed by atoms with Crippen molar-refractivity contribution < 1.29 is 31.6 Å². The van der Waals surface area contributed by atoms with Gasteiger partial charge in [0.25, 0.3) is 11.8 Å². The smallest absolute Gasteiger partial charge is 0.272 e. The number of hydrogen-bond donors (Lipinski definition) is 4. The lowest BCUT2D eigenvalue weighted by Gasteiger charge is -2.27. The topological polar surface area (TPSA) is 157 Å². The maximum Gasteiger partial charge on any atom is 0.272 e. The SMILES string of the molecule is CC(C)(C)[S@@](N)=O.Cn1cc2c(c1C(=O)Nc1ccc(F)c(Cl)c1)CCCC2=O.Cn1cc2c(c1C(=O)Nc1ccc(F)c(Cl)c1)CCCC2N[S@@](=O)C(C)(C)C. The number of fused-ring (bicyclic) bond motifs is 2. The minimum Gasteiger partial charge on any atom is -0.346 e. The number of aryl methyl sites for hydroxylation is 2. The second kappa shape index (κ2) is 18.9. The van der Waals surface area contributed by atoms with E-state index in [0.717, 1.165) is 42.4 Å². The lowest BCUT2D eigenvalue weighted by Crippen LogP contribution is -2.36. The molecule has 17 heteroatoms. The van der Waals surface area contributed by atoms with Crippen molar-refractivity contribution in [3.8, 4) is 0 Å². The van der Waals surface area contributed by atoms with E-state index in [1.807, 2.05) is 54.8 Å². The highest BCUT2D eigenvalue weighted by molar-refractivity contribution is 7.84. The summed E-state index contributed by atoms with van der Waals surface area (Å²) in [6.07, 6.45) is 8.15. The standard InChI is InChI=1S/C20H25ClFN3O2S.C16H14ClFN2O2.C4H11NOS/c1-20(2,3)28(27)24-17-7-5-6-13-14(17)11-25(4)18(13)19(26)23-12-8-9-16(22)15(21)10-12;1-20-8-11-10(3-2-4-14(11)21)15(20)16(22)19-9-5-6-13(18)12(17)7-9;1-4(2,3)7(5)6/h8-11,17,24H,5-7H2,1-4H3,(H,23,26);5-8H,2-4H2,1H3,(H,19,22);5H2,1-3H3/t17?,28-;;7-/m0.0/s1. The van der Waals surface area contributed by atoms with Gasteiger partial charge < -0.3 is 19.8 Å². The van der Waals surface area contributed by atoms with Crippen molar-refractivity contribution in [2.24, 2.45) is 19.2 Å². The van der Waals surface area contributed by atoms with Gasteiger partial charge in [-0.3, -0.25) is 19.5 Å². The van der Waals surface area contributed by atoms with Crippen LogP contribution >= 0.6 is 23.2 Å².